The Bertz CT molecular complexity index is 1230. The molecule has 0 spiro atoms. The number of nitrogens with one attached hydrogen (secondary N) is 1. The number of H-pyrrole nitrogens is 1. The van der Waals surface area contributed by atoms with E-state index in [-0.39, 0.29) is 0 Å². The first-order valence-electron chi connectivity index (χ1n) is 8.62. The summed E-state index contributed by atoms with van der Waals surface area (Å²) in [6, 6.07) is 12.4. The summed E-state index contributed by atoms with van der Waals surface area (Å²) in [6.07, 6.45) is 3.86. The minimum Gasteiger partial charge on any atom is -0.361 e. The first-order chi connectivity index (χ1) is 13.0. The molecule has 0 radical (unpaired) electrons. The van der Waals surface area contributed by atoms with Crippen molar-refractivity contribution in [3.63, 3.8) is 0 Å². The van der Waals surface area contributed by atoms with Crippen molar-refractivity contribution >= 4 is 50.1 Å². The fraction of sp³-hybridized carbons (Fsp3) is 0.143. The van der Waals surface area contributed by atoms with Gasteiger partial charge in [0.05, 0.1) is 17.6 Å². The monoisotopic (exact) mass is 438 g/mol. The van der Waals surface area contributed by atoms with Crippen LogP contribution in [-0.2, 0) is 0 Å². The molecule has 0 saturated carbocycles. The molecule has 0 aliphatic rings. The first kappa shape index (κ1) is 17.9. The lowest BCUT2D eigenvalue weighted by molar-refractivity contribution is 0.809. The summed E-state index contributed by atoms with van der Waals surface area (Å²) < 4.78 is 2.94. The molecule has 4 aromatic rings. The van der Waals surface area contributed by atoms with Crippen LogP contribution in [0, 0.1) is 20.8 Å². The smallest absolute Gasteiger partial charge is 0.211 e. The Hall–Kier alpha value is -2.44. The summed E-state index contributed by atoms with van der Waals surface area (Å²) in [7, 11) is 0. The zero-order valence-electron chi connectivity index (χ0n) is 15.3. The van der Waals surface area contributed by atoms with E-state index in [9.17, 15) is 0 Å². The van der Waals surface area contributed by atoms with Gasteiger partial charge in [0.15, 0.2) is 0 Å². The Labute approximate surface area is 170 Å². The summed E-state index contributed by atoms with van der Waals surface area (Å²) in [6.45, 7) is 6.25. The highest BCUT2D eigenvalue weighted by molar-refractivity contribution is 9.10. The van der Waals surface area contributed by atoms with E-state index in [1.54, 1.807) is 11.3 Å². The molecule has 136 valence electrons. The molecule has 0 amide bonds. The number of aromatic amines is 1. The normalized spacial score (nSPS) is 12.5. The molecule has 4 nitrogen and oxygen atoms in total. The summed E-state index contributed by atoms with van der Waals surface area (Å²) in [5.74, 6) is 0. The van der Waals surface area contributed by atoms with Gasteiger partial charge in [-0.1, -0.05) is 28.1 Å². The summed E-state index contributed by atoms with van der Waals surface area (Å²) in [5.41, 5.74) is 6.61. The average molecular weight is 439 g/mol. The van der Waals surface area contributed by atoms with Gasteiger partial charge >= 0.3 is 0 Å². The second kappa shape index (κ2) is 7.29. The number of nitrogens with zero attached hydrogens (tertiary/aromatic N) is 3. The first-order valence-corrected chi connectivity index (χ1v) is 10.3. The second-order valence-electron chi connectivity index (χ2n) is 6.48. The van der Waals surface area contributed by atoms with E-state index >= 15 is 0 Å². The fourth-order valence-electron chi connectivity index (χ4n) is 2.90. The number of halogens is 1. The molecular formula is C21H19BrN4S. The van der Waals surface area contributed by atoms with Gasteiger partial charge in [-0.25, -0.2) is 9.67 Å². The number of fused-ring (bicyclic) bond motifs is 1. The highest BCUT2D eigenvalue weighted by Crippen LogP contribution is 2.22. The van der Waals surface area contributed by atoms with Crippen molar-refractivity contribution < 1.29 is 0 Å². The van der Waals surface area contributed by atoms with Crippen molar-refractivity contribution in [1.29, 1.82) is 0 Å². The SMILES string of the molecule is Cc1cccc(N=c2scc(C)n2N=Cc2c[nH]c3ccc(Br)cc23)c1C. The number of rotatable bonds is 3. The standard InChI is InChI=1S/C21H19BrN4S/c1-13-5-4-6-19(15(13)3)25-21-26(14(2)12-27-21)24-11-16-10-23-20-8-7-17(22)9-18(16)20/h4-12,23H,1-3H3. The van der Waals surface area contributed by atoms with Crippen LogP contribution >= 0.6 is 27.3 Å². The minimum atomic E-state index is 0.860. The fourth-order valence-corrected chi connectivity index (χ4v) is 4.08. The van der Waals surface area contributed by atoms with Gasteiger partial charge in [0.1, 0.15) is 0 Å². The lowest BCUT2D eigenvalue weighted by Crippen LogP contribution is -2.11. The maximum absolute atomic E-state index is 4.85. The van der Waals surface area contributed by atoms with Crippen molar-refractivity contribution in [2.75, 3.05) is 0 Å². The number of benzene rings is 2. The third-order valence-electron chi connectivity index (χ3n) is 4.63. The molecule has 0 atom stereocenters. The van der Waals surface area contributed by atoms with E-state index in [4.69, 9.17) is 10.1 Å². The van der Waals surface area contributed by atoms with Crippen molar-refractivity contribution in [2.24, 2.45) is 10.1 Å². The van der Waals surface area contributed by atoms with Crippen LogP contribution < -0.4 is 4.80 Å². The van der Waals surface area contributed by atoms with Gasteiger partial charge in [-0.3, -0.25) is 0 Å². The minimum absolute atomic E-state index is 0.860. The molecule has 0 unspecified atom stereocenters. The molecule has 2 aromatic carbocycles. The molecule has 2 heterocycles. The number of hydrogen-bond donors (Lipinski definition) is 1. The number of aromatic nitrogens is 2. The molecule has 2 aromatic heterocycles. The van der Waals surface area contributed by atoms with Crippen LogP contribution in [-0.4, -0.2) is 15.9 Å². The van der Waals surface area contributed by atoms with Crippen molar-refractivity contribution in [1.82, 2.24) is 9.66 Å². The molecule has 0 saturated heterocycles. The number of aryl methyl sites for hydroxylation is 2. The van der Waals surface area contributed by atoms with Crippen molar-refractivity contribution in [3.05, 3.63) is 79.6 Å². The Balaban J connectivity index is 1.78. The molecule has 0 aliphatic carbocycles. The maximum atomic E-state index is 4.85. The van der Waals surface area contributed by atoms with E-state index < -0.39 is 0 Å². The van der Waals surface area contributed by atoms with Gasteiger partial charge < -0.3 is 4.98 Å². The van der Waals surface area contributed by atoms with Crippen LogP contribution in [0.1, 0.15) is 22.4 Å². The molecule has 1 N–H and O–H groups in total. The average Bonchev–Trinajstić information content (AvgIpc) is 3.20. The third-order valence-corrected chi connectivity index (χ3v) is 6.06. The van der Waals surface area contributed by atoms with Crippen LogP contribution in [0.3, 0.4) is 0 Å². The molecular weight excluding hydrogens is 420 g/mol. The van der Waals surface area contributed by atoms with Gasteiger partial charge in [0.2, 0.25) is 4.80 Å². The molecule has 0 fully saturated rings. The molecule has 0 aliphatic heterocycles. The highest BCUT2D eigenvalue weighted by atomic mass is 79.9. The van der Waals surface area contributed by atoms with Crippen LogP contribution in [0.5, 0.6) is 0 Å². The van der Waals surface area contributed by atoms with Crippen LogP contribution in [0.15, 0.2) is 62.5 Å². The van der Waals surface area contributed by atoms with Crippen LogP contribution in [0.25, 0.3) is 10.9 Å². The van der Waals surface area contributed by atoms with Gasteiger partial charge in [-0.2, -0.15) is 5.10 Å². The number of hydrogen-bond acceptors (Lipinski definition) is 3. The van der Waals surface area contributed by atoms with Crippen molar-refractivity contribution in [2.45, 2.75) is 20.8 Å². The van der Waals surface area contributed by atoms with Gasteiger partial charge in [0, 0.05) is 32.5 Å². The lowest BCUT2D eigenvalue weighted by Gasteiger charge is -2.03. The van der Waals surface area contributed by atoms with E-state index in [0.717, 1.165) is 37.1 Å². The van der Waals surface area contributed by atoms with E-state index in [2.05, 4.69) is 58.3 Å². The van der Waals surface area contributed by atoms with Crippen molar-refractivity contribution in [3.8, 4) is 0 Å². The van der Waals surface area contributed by atoms with E-state index in [1.807, 2.05) is 42.2 Å². The second-order valence-corrected chi connectivity index (χ2v) is 8.23. The molecule has 4 rings (SSSR count). The Morgan fingerprint density at radius 2 is 2.00 bits per heavy atom. The third kappa shape index (κ3) is 3.55. The lowest BCUT2D eigenvalue weighted by atomic mass is 10.1. The van der Waals surface area contributed by atoms with E-state index in [1.165, 1.54) is 11.1 Å². The van der Waals surface area contributed by atoms with Gasteiger partial charge in [-0.15, -0.1) is 11.3 Å². The summed E-state index contributed by atoms with van der Waals surface area (Å²) in [5, 5.41) is 7.92. The van der Waals surface area contributed by atoms with Crippen LogP contribution in [0.4, 0.5) is 5.69 Å². The zero-order chi connectivity index (χ0) is 19.0. The van der Waals surface area contributed by atoms with Crippen LogP contribution in [0.2, 0.25) is 0 Å². The quantitative estimate of drug-likeness (QED) is 0.391. The molecule has 27 heavy (non-hydrogen) atoms. The predicted octanol–water partition coefficient (Wildman–Crippen LogP) is 5.83. The highest BCUT2D eigenvalue weighted by Gasteiger charge is 2.05. The Morgan fingerprint density at radius 1 is 1.15 bits per heavy atom. The zero-order valence-corrected chi connectivity index (χ0v) is 17.7. The topological polar surface area (TPSA) is 45.4 Å². The maximum Gasteiger partial charge on any atom is 0.211 e. The summed E-state index contributed by atoms with van der Waals surface area (Å²) in [4.78, 5) is 9.00. The summed E-state index contributed by atoms with van der Waals surface area (Å²) >= 11 is 5.13. The molecule has 6 heteroatoms. The molecule has 0 bridgehead atoms. The predicted molar refractivity (Wildman–Crippen MR) is 117 cm³/mol. The number of thiazole rings is 1. The van der Waals surface area contributed by atoms with Gasteiger partial charge in [0.25, 0.3) is 0 Å². The van der Waals surface area contributed by atoms with E-state index in [0.29, 0.717) is 0 Å². The van der Waals surface area contributed by atoms with Gasteiger partial charge in [-0.05, 0) is 56.2 Å². The Morgan fingerprint density at radius 3 is 2.85 bits per heavy atom. The largest absolute Gasteiger partial charge is 0.361 e. The Kier molecular flexibility index (Phi) is 4.85.